The van der Waals surface area contributed by atoms with E-state index in [9.17, 15) is 0 Å². The third kappa shape index (κ3) is 2.34. The summed E-state index contributed by atoms with van der Waals surface area (Å²) in [5, 5.41) is 8.70. The molecular formula is C12H14N2. The zero-order valence-corrected chi connectivity index (χ0v) is 8.19. The van der Waals surface area contributed by atoms with Crippen LogP contribution in [0.2, 0.25) is 0 Å². The standard InChI is InChI=1S/C12H14N2/c13-8-9-14(12-6-7-12)10-11-4-2-1-3-5-11/h1-5,12H,6-7,9-10H2. The van der Waals surface area contributed by atoms with Crippen LogP contribution < -0.4 is 0 Å². The molecule has 2 heteroatoms. The maximum absolute atomic E-state index is 8.70. The number of nitriles is 1. The van der Waals surface area contributed by atoms with Crippen molar-refractivity contribution in [3.63, 3.8) is 0 Å². The molecule has 1 saturated carbocycles. The van der Waals surface area contributed by atoms with E-state index in [-0.39, 0.29) is 0 Å². The molecule has 1 aromatic carbocycles. The average Bonchev–Trinajstić information content (AvgIpc) is 3.02. The van der Waals surface area contributed by atoms with E-state index in [0.717, 1.165) is 6.54 Å². The molecule has 0 N–H and O–H groups in total. The second-order valence-electron chi connectivity index (χ2n) is 3.78. The molecular weight excluding hydrogens is 172 g/mol. The van der Waals surface area contributed by atoms with Gasteiger partial charge in [-0.15, -0.1) is 0 Å². The van der Waals surface area contributed by atoms with Crippen LogP contribution in [0.3, 0.4) is 0 Å². The molecule has 72 valence electrons. The Kier molecular flexibility index (Phi) is 2.81. The largest absolute Gasteiger partial charge is 0.283 e. The van der Waals surface area contributed by atoms with E-state index in [1.807, 2.05) is 18.2 Å². The van der Waals surface area contributed by atoms with Gasteiger partial charge in [0, 0.05) is 12.6 Å². The number of hydrogen-bond acceptors (Lipinski definition) is 2. The third-order valence-electron chi connectivity index (χ3n) is 2.57. The lowest BCUT2D eigenvalue weighted by molar-refractivity contribution is 0.287. The van der Waals surface area contributed by atoms with Gasteiger partial charge >= 0.3 is 0 Å². The van der Waals surface area contributed by atoms with Crippen LogP contribution in [0.5, 0.6) is 0 Å². The fraction of sp³-hybridized carbons (Fsp3) is 0.417. The maximum Gasteiger partial charge on any atom is 0.0871 e. The van der Waals surface area contributed by atoms with Crippen LogP contribution in [-0.2, 0) is 6.54 Å². The van der Waals surface area contributed by atoms with Crippen LogP contribution in [0, 0.1) is 11.3 Å². The third-order valence-corrected chi connectivity index (χ3v) is 2.57. The quantitative estimate of drug-likeness (QED) is 0.674. The van der Waals surface area contributed by atoms with Crippen molar-refractivity contribution in [2.45, 2.75) is 25.4 Å². The minimum absolute atomic E-state index is 0.555. The highest BCUT2D eigenvalue weighted by molar-refractivity contribution is 5.15. The van der Waals surface area contributed by atoms with Gasteiger partial charge in [0.15, 0.2) is 0 Å². The molecule has 1 aliphatic rings. The number of benzene rings is 1. The van der Waals surface area contributed by atoms with Crippen molar-refractivity contribution in [2.24, 2.45) is 0 Å². The first-order valence-electron chi connectivity index (χ1n) is 5.05. The first kappa shape index (κ1) is 9.23. The summed E-state index contributed by atoms with van der Waals surface area (Å²) < 4.78 is 0. The fourth-order valence-corrected chi connectivity index (χ4v) is 1.66. The lowest BCUT2D eigenvalue weighted by Crippen LogP contribution is -2.25. The highest BCUT2D eigenvalue weighted by atomic mass is 15.2. The first-order chi connectivity index (χ1) is 6.90. The number of nitrogens with zero attached hydrogens (tertiary/aromatic N) is 2. The summed E-state index contributed by atoms with van der Waals surface area (Å²) in [6, 6.07) is 13.3. The topological polar surface area (TPSA) is 27.0 Å². The van der Waals surface area contributed by atoms with Gasteiger partial charge in [-0.3, -0.25) is 4.90 Å². The Bertz CT molecular complexity index is 322. The zero-order chi connectivity index (χ0) is 9.80. The lowest BCUT2D eigenvalue weighted by atomic mass is 10.2. The van der Waals surface area contributed by atoms with Gasteiger partial charge in [-0.1, -0.05) is 30.3 Å². The molecule has 1 aliphatic carbocycles. The molecule has 0 aliphatic heterocycles. The smallest absolute Gasteiger partial charge is 0.0871 e. The Labute approximate surface area is 84.8 Å². The lowest BCUT2D eigenvalue weighted by Gasteiger charge is -2.17. The molecule has 2 nitrogen and oxygen atoms in total. The van der Waals surface area contributed by atoms with Crippen molar-refractivity contribution in [1.82, 2.24) is 4.90 Å². The van der Waals surface area contributed by atoms with Gasteiger partial charge in [0.25, 0.3) is 0 Å². The number of rotatable bonds is 4. The van der Waals surface area contributed by atoms with Crippen LogP contribution in [0.25, 0.3) is 0 Å². The molecule has 0 amide bonds. The van der Waals surface area contributed by atoms with Crippen LogP contribution in [0.15, 0.2) is 30.3 Å². The predicted molar refractivity (Wildman–Crippen MR) is 55.5 cm³/mol. The summed E-state index contributed by atoms with van der Waals surface area (Å²) in [5.74, 6) is 0. The van der Waals surface area contributed by atoms with Crippen molar-refractivity contribution >= 4 is 0 Å². The van der Waals surface area contributed by atoms with E-state index in [1.54, 1.807) is 0 Å². The molecule has 0 heterocycles. The normalized spacial score (nSPS) is 15.4. The maximum atomic E-state index is 8.70. The Balaban J connectivity index is 1.97. The highest BCUT2D eigenvalue weighted by Crippen LogP contribution is 2.27. The van der Waals surface area contributed by atoms with E-state index in [1.165, 1.54) is 18.4 Å². The van der Waals surface area contributed by atoms with Crippen molar-refractivity contribution in [2.75, 3.05) is 6.54 Å². The van der Waals surface area contributed by atoms with Gasteiger partial charge in [0.1, 0.15) is 0 Å². The van der Waals surface area contributed by atoms with E-state index in [0.29, 0.717) is 12.6 Å². The minimum Gasteiger partial charge on any atom is -0.283 e. The van der Waals surface area contributed by atoms with Crippen molar-refractivity contribution in [3.05, 3.63) is 35.9 Å². The Morgan fingerprint density at radius 1 is 1.29 bits per heavy atom. The van der Waals surface area contributed by atoms with Crippen LogP contribution in [0.1, 0.15) is 18.4 Å². The van der Waals surface area contributed by atoms with E-state index >= 15 is 0 Å². The van der Waals surface area contributed by atoms with Crippen LogP contribution >= 0.6 is 0 Å². The Hall–Kier alpha value is -1.33. The fourth-order valence-electron chi connectivity index (χ4n) is 1.66. The van der Waals surface area contributed by atoms with Gasteiger partial charge in [0.2, 0.25) is 0 Å². The summed E-state index contributed by atoms with van der Waals surface area (Å²) in [6.45, 7) is 1.47. The highest BCUT2D eigenvalue weighted by Gasteiger charge is 2.28. The molecule has 0 atom stereocenters. The number of hydrogen-bond donors (Lipinski definition) is 0. The molecule has 0 bridgehead atoms. The second-order valence-corrected chi connectivity index (χ2v) is 3.78. The van der Waals surface area contributed by atoms with Gasteiger partial charge < -0.3 is 0 Å². The Morgan fingerprint density at radius 2 is 2.00 bits per heavy atom. The van der Waals surface area contributed by atoms with Gasteiger partial charge in [0.05, 0.1) is 12.6 Å². The molecule has 1 aromatic rings. The molecule has 0 radical (unpaired) electrons. The summed E-state index contributed by atoms with van der Waals surface area (Å²) >= 11 is 0. The van der Waals surface area contributed by atoms with Crippen LogP contribution in [0.4, 0.5) is 0 Å². The summed E-state index contributed by atoms with van der Waals surface area (Å²) in [4.78, 5) is 2.26. The molecule has 1 fully saturated rings. The van der Waals surface area contributed by atoms with Gasteiger partial charge in [-0.05, 0) is 18.4 Å². The van der Waals surface area contributed by atoms with Crippen molar-refractivity contribution < 1.29 is 0 Å². The van der Waals surface area contributed by atoms with E-state index < -0.39 is 0 Å². The van der Waals surface area contributed by atoms with E-state index in [4.69, 9.17) is 5.26 Å². The second kappa shape index (κ2) is 4.26. The Morgan fingerprint density at radius 3 is 2.57 bits per heavy atom. The SMILES string of the molecule is N#CCN(Cc1ccccc1)C1CC1. The average molecular weight is 186 g/mol. The van der Waals surface area contributed by atoms with Crippen molar-refractivity contribution in [3.8, 4) is 6.07 Å². The summed E-state index contributed by atoms with van der Waals surface area (Å²) in [7, 11) is 0. The first-order valence-corrected chi connectivity index (χ1v) is 5.05. The molecule has 0 aromatic heterocycles. The van der Waals surface area contributed by atoms with Crippen molar-refractivity contribution in [1.29, 1.82) is 5.26 Å². The summed E-state index contributed by atoms with van der Waals surface area (Å²) in [5.41, 5.74) is 1.30. The molecule has 0 spiro atoms. The van der Waals surface area contributed by atoms with E-state index in [2.05, 4.69) is 23.1 Å². The molecule has 0 saturated heterocycles. The van der Waals surface area contributed by atoms with Gasteiger partial charge in [-0.2, -0.15) is 5.26 Å². The monoisotopic (exact) mass is 186 g/mol. The predicted octanol–water partition coefficient (Wildman–Crippen LogP) is 2.17. The molecule has 2 rings (SSSR count). The summed E-state index contributed by atoms with van der Waals surface area (Å²) in [6.07, 6.45) is 2.52. The van der Waals surface area contributed by atoms with Crippen LogP contribution in [-0.4, -0.2) is 17.5 Å². The minimum atomic E-state index is 0.555. The molecule has 0 unspecified atom stereocenters. The zero-order valence-electron chi connectivity index (χ0n) is 8.19. The molecule has 14 heavy (non-hydrogen) atoms. The van der Waals surface area contributed by atoms with Gasteiger partial charge in [-0.25, -0.2) is 0 Å².